The minimum atomic E-state index is -0.282. The van der Waals surface area contributed by atoms with Crippen molar-refractivity contribution in [2.24, 2.45) is 0 Å². The van der Waals surface area contributed by atoms with E-state index in [0.29, 0.717) is 12.4 Å². The summed E-state index contributed by atoms with van der Waals surface area (Å²) >= 11 is 0. The summed E-state index contributed by atoms with van der Waals surface area (Å²) in [6.45, 7) is 4.93. The molecule has 7 nitrogen and oxygen atoms in total. The fourth-order valence-electron chi connectivity index (χ4n) is 2.66. The van der Waals surface area contributed by atoms with Crippen LogP contribution in [0.3, 0.4) is 0 Å². The molecule has 26 heavy (non-hydrogen) atoms. The van der Waals surface area contributed by atoms with Crippen LogP contribution in [0.5, 0.6) is 0 Å². The molecule has 0 bridgehead atoms. The van der Waals surface area contributed by atoms with E-state index in [0.717, 1.165) is 11.4 Å². The van der Waals surface area contributed by atoms with Gasteiger partial charge in [-0.05, 0) is 17.7 Å². The van der Waals surface area contributed by atoms with Crippen LogP contribution in [0, 0.1) is 5.82 Å². The third-order valence-corrected chi connectivity index (χ3v) is 3.84. The van der Waals surface area contributed by atoms with E-state index in [1.54, 1.807) is 29.5 Å². The molecule has 8 heteroatoms. The second-order valence-corrected chi connectivity index (χ2v) is 6.33. The molecule has 0 spiro atoms. The van der Waals surface area contributed by atoms with Crippen molar-refractivity contribution < 1.29 is 9.18 Å². The summed E-state index contributed by atoms with van der Waals surface area (Å²) in [6.07, 6.45) is 5.05. The molecule has 2 heterocycles. The molecular weight excluding hydrogens is 335 g/mol. The standard InChI is InChI=1S/C18H21FN6O/c1-13(2)18-20-6-7-24(18)11-17(26)21-9-16-22-12-25(23-16)10-14-4-3-5-15(19)8-14/h3-8,12-13H,9-11H2,1-2H3,(H,21,26). The Balaban J connectivity index is 1.53. The smallest absolute Gasteiger partial charge is 0.240 e. The van der Waals surface area contributed by atoms with Crippen molar-refractivity contribution in [1.29, 1.82) is 0 Å². The van der Waals surface area contributed by atoms with Crippen LogP contribution in [0.1, 0.15) is 37.0 Å². The zero-order chi connectivity index (χ0) is 18.5. The molecular formula is C18H21FN6O. The Morgan fingerprint density at radius 3 is 2.92 bits per heavy atom. The van der Waals surface area contributed by atoms with Crippen LogP contribution < -0.4 is 5.32 Å². The lowest BCUT2D eigenvalue weighted by atomic mass is 10.2. The Bertz CT molecular complexity index is 885. The van der Waals surface area contributed by atoms with Crippen LogP contribution in [0.25, 0.3) is 0 Å². The zero-order valence-corrected chi connectivity index (χ0v) is 14.8. The largest absolute Gasteiger partial charge is 0.347 e. The van der Waals surface area contributed by atoms with Crippen molar-refractivity contribution in [2.75, 3.05) is 0 Å². The minimum absolute atomic E-state index is 0.133. The van der Waals surface area contributed by atoms with E-state index in [9.17, 15) is 9.18 Å². The Labute approximate surface area is 150 Å². The highest BCUT2D eigenvalue weighted by molar-refractivity contribution is 5.75. The Kier molecular flexibility index (Phi) is 5.40. The van der Waals surface area contributed by atoms with Crippen LogP contribution in [0.2, 0.25) is 0 Å². The molecule has 3 aromatic rings. The molecule has 0 unspecified atom stereocenters. The van der Waals surface area contributed by atoms with Crippen LogP contribution in [-0.2, 0) is 24.4 Å². The van der Waals surface area contributed by atoms with Gasteiger partial charge in [-0.3, -0.25) is 4.79 Å². The lowest BCUT2D eigenvalue weighted by Gasteiger charge is -2.10. The number of carbonyl (C=O) groups is 1. The fourth-order valence-corrected chi connectivity index (χ4v) is 2.66. The van der Waals surface area contributed by atoms with Gasteiger partial charge in [0.15, 0.2) is 5.82 Å². The summed E-state index contributed by atoms with van der Waals surface area (Å²) in [7, 11) is 0. The van der Waals surface area contributed by atoms with Crippen molar-refractivity contribution in [3.8, 4) is 0 Å². The van der Waals surface area contributed by atoms with Crippen molar-refractivity contribution in [3.05, 3.63) is 66.0 Å². The first-order valence-electron chi connectivity index (χ1n) is 8.42. The molecule has 1 amide bonds. The predicted octanol–water partition coefficient (Wildman–Crippen LogP) is 2.10. The summed E-state index contributed by atoms with van der Waals surface area (Å²) in [5.41, 5.74) is 0.798. The maximum absolute atomic E-state index is 13.2. The van der Waals surface area contributed by atoms with Gasteiger partial charge in [-0.2, -0.15) is 5.10 Å². The SMILES string of the molecule is CC(C)c1nccn1CC(=O)NCc1ncn(Cc2cccc(F)c2)n1. The van der Waals surface area contributed by atoms with Gasteiger partial charge < -0.3 is 9.88 Å². The van der Waals surface area contributed by atoms with E-state index in [2.05, 4.69) is 20.4 Å². The normalized spacial score (nSPS) is 11.1. The first-order valence-corrected chi connectivity index (χ1v) is 8.42. The van der Waals surface area contributed by atoms with E-state index in [1.807, 2.05) is 24.5 Å². The Morgan fingerprint density at radius 1 is 1.31 bits per heavy atom. The summed E-state index contributed by atoms with van der Waals surface area (Å²) in [4.78, 5) is 20.6. The van der Waals surface area contributed by atoms with Gasteiger partial charge in [0.05, 0.1) is 13.1 Å². The topological polar surface area (TPSA) is 77.6 Å². The fraction of sp³-hybridized carbons (Fsp3) is 0.333. The Hall–Kier alpha value is -3.03. The molecule has 3 rings (SSSR count). The van der Waals surface area contributed by atoms with E-state index < -0.39 is 0 Å². The van der Waals surface area contributed by atoms with Crippen molar-refractivity contribution >= 4 is 5.91 Å². The van der Waals surface area contributed by atoms with E-state index >= 15 is 0 Å². The summed E-state index contributed by atoms with van der Waals surface area (Å²) in [6, 6.07) is 6.34. The molecule has 0 aliphatic carbocycles. The highest BCUT2D eigenvalue weighted by atomic mass is 19.1. The molecule has 1 N–H and O–H groups in total. The average molecular weight is 356 g/mol. The number of benzene rings is 1. The quantitative estimate of drug-likeness (QED) is 0.703. The number of aromatic nitrogens is 5. The number of hydrogen-bond donors (Lipinski definition) is 1. The number of nitrogens with zero attached hydrogens (tertiary/aromatic N) is 5. The molecule has 0 atom stereocenters. The van der Waals surface area contributed by atoms with Crippen molar-refractivity contribution in [3.63, 3.8) is 0 Å². The van der Waals surface area contributed by atoms with Gasteiger partial charge in [-0.25, -0.2) is 19.0 Å². The van der Waals surface area contributed by atoms with Gasteiger partial charge in [0, 0.05) is 18.3 Å². The minimum Gasteiger partial charge on any atom is -0.347 e. The maximum Gasteiger partial charge on any atom is 0.240 e. The van der Waals surface area contributed by atoms with Gasteiger partial charge in [0.25, 0.3) is 0 Å². The van der Waals surface area contributed by atoms with Gasteiger partial charge in [0.1, 0.15) is 24.5 Å². The Morgan fingerprint density at radius 2 is 2.15 bits per heavy atom. The summed E-state index contributed by atoms with van der Waals surface area (Å²) in [5, 5.41) is 7.10. The van der Waals surface area contributed by atoms with Crippen LogP contribution in [-0.4, -0.2) is 30.2 Å². The first-order chi connectivity index (χ1) is 12.5. The van der Waals surface area contributed by atoms with Gasteiger partial charge >= 0.3 is 0 Å². The molecule has 0 aliphatic heterocycles. The molecule has 0 aliphatic rings. The number of amides is 1. The second-order valence-electron chi connectivity index (χ2n) is 6.33. The number of imidazole rings is 1. The highest BCUT2D eigenvalue weighted by Crippen LogP contribution is 2.11. The second kappa shape index (κ2) is 7.90. The zero-order valence-electron chi connectivity index (χ0n) is 14.8. The van der Waals surface area contributed by atoms with Crippen molar-refractivity contribution in [1.82, 2.24) is 29.6 Å². The summed E-state index contributed by atoms with van der Waals surface area (Å²) in [5.74, 6) is 1.21. The number of carbonyl (C=O) groups excluding carboxylic acids is 1. The number of halogens is 1. The van der Waals surface area contributed by atoms with Crippen molar-refractivity contribution in [2.45, 2.75) is 39.4 Å². The molecule has 136 valence electrons. The van der Waals surface area contributed by atoms with Crippen LogP contribution in [0.4, 0.5) is 4.39 Å². The molecule has 0 radical (unpaired) electrons. The summed E-state index contributed by atoms with van der Waals surface area (Å²) < 4.78 is 16.7. The molecule has 0 saturated carbocycles. The van der Waals surface area contributed by atoms with Crippen LogP contribution >= 0.6 is 0 Å². The van der Waals surface area contributed by atoms with E-state index in [1.165, 1.54) is 12.1 Å². The van der Waals surface area contributed by atoms with E-state index in [-0.39, 0.29) is 30.7 Å². The van der Waals surface area contributed by atoms with Gasteiger partial charge in [-0.1, -0.05) is 26.0 Å². The third kappa shape index (κ3) is 4.53. The average Bonchev–Trinajstić information content (AvgIpc) is 3.22. The maximum atomic E-state index is 13.2. The third-order valence-electron chi connectivity index (χ3n) is 3.84. The molecule has 1 aromatic carbocycles. The van der Waals surface area contributed by atoms with Gasteiger partial charge in [-0.15, -0.1) is 0 Å². The number of hydrogen-bond acceptors (Lipinski definition) is 4. The molecule has 2 aromatic heterocycles. The monoisotopic (exact) mass is 356 g/mol. The highest BCUT2D eigenvalue weighted by Gasteiger charge is 2.11. The van der Waals surface area contributed by atoms with Crippen LogP contribution in [0.15, 0.2) is 43.0 Å². The lowest BCUT2D eigenvalue weighted by Crippen LogP contribution is -2.28. The van der Waals surface area contributed by atoms with E-state index in [4.69, 9.17) is 0 Å². The number of rotatable bonds is 7. The number of nitrogens with one attached hydrogen (secondary N) is 1. The predicted molar refractivity (Wildman–Crippen MR) is 93.7 cm³/mol. The molecule has 0 saturated heterocycles. The first kappa shape index (κ1) is 17.8. The van der Waals surface area contributed by atoms with Gasteiger partial charge in [0.2, 0.25) is 5.91 Å². The lowest BCUT2D eigenvalue weighted by molar-refractivity contribution is -0.121. The molecule has 0 fully saturated rings.